The Morgan fingerprint density at radius 1 is 1.29 bits per heavy atom. The molecule has 0 atom stereocenters. The summed E-state index contributed by atoms with van der Waals surface area (Å²) in [6.45, 7) is 10.1. The number of pyridine rings is 1. The molecular weight excluding hydrogens is 390 g/mol. The number of rotatable bonds is 5. The van der Waals surface area contributed by atoms with Crippen molar-refractivity contribution >= 4 is 23.1 Å². The highest BCUT2D eigenvalue weighted by Crippen LogP contribution is 2.26. The highest BCUT2D eigenvalue weighted by atomic mass is 16.6. The van der Waals surface area contributed by atoms with Gasteiger partial charge in [-0.15, -0.1) is 0 Å². The summed E-state index contributed by atoms with van der Waals surface area (Å²) in [5.41, 5.74) is 3.09. The number of aromatic amines is 1. The van der Waals surface area contributed by atoms with E-state index in [1.54, 1.807) is 12.3 Å². The van der Waals surface area contributed by atoms with E-state index in [0.717, 1.165) is 48.5 Å². The smallest absolute Gasteiger partial charge is 0.339 e. The van der Waals surface area contributed by atoms with Crippen molar-refractivity contribution in [3.05, 3.63) is 71.0 Å². The van der Waals surface area contributed by atoms with Crippen LogP contribution in [0.4, 0.5) is 0 Å². The van der Waals surface area contributed by atoms with Gasteiger partial charge in [0.2, 0.25) is 0 Å². The van der Waals surface area contributed by atoms with E-state index < -0.39 is 5.60 Å². The van der Waals surface area contributed by atoms with Crippen molar-refractivity contribution < 1.29 is 13.9 Å². The summed E-state index contributed by atoms with van der Waals surface area (Å²) < 4.78 is 11.2. The number of aryl methyl sites for hydroxylation is 1. The first-order valence-electron chi connectivity index (χ1n) is 10.6. The molecule has 1 aliphatic rings. The normalized spacial score (nSPS) is 15.5. The van der Waals surface area contributed by atoms with E-state index in [1.807, 2.05) is 52.1 Å². The molecule has 0 saturated carbocycles. The second-order valence-corrected chi connectivity index (χ2v) is 8.94. The van der Waals surface area contributed by atoms with Crippen LogP contribution in [0.5, 0.6) is 0 Å². The monoisotopic (exact) mass is 419 g/mol. The minimum absolute atomic E-state index is 0.320. The first kappa shape index (κ1) is 21.1. The Morgan fingerprint density at radius 3 is 2.81 bits per heavy atom. The average molecular weight is 420 g/mol. The van der Waals surface area contributed by atoms with E-state index in [0.29, 0.717) is 11.2 Å². The number of fused-ring (bicyclic) bond motifs is 1. The fourth-order valence-electron chi connectivity index (χ4n) is 3.75. The maximum atomic E-state index is 12.7. The van der Waals surface area contributed by atoms with Gasteiger partial charge in [0.15, 0.2) is 0 Å². The summed E-state index contributed by atoms with van der Waals surface area (Å²) in [6.07, 6.45) is 11.0. The number of esters is 1. The van der Waals surface area contributed by atoms with Crippen LogP contribution in [0.25, 0.3) is 17.1 Å². The molecule has 0 spiro atoms. The fraction of sp³-hybridized carbons (Fsp3) is 0.360. The molecule has 3 aromatic rings. The van der Waals surface area contributed by atoms with E-state index in [9.17, 15) is 4.79 Å². The lowest BCUT2D eigenvalue weighted by molar-refractivity contribution is 0.00716. The molecule has 3 aromatic heterocycles. The van der Waals surface area contributed by atoms with Gasteiger partial charge in [-0.2, -0.15) is 0 Å². The lowest BCUT2D eigenvalue weighted by Crippen LogP contribution is -2.28. The Hall–Kier alpha value is -3.12. The maximum Gasteiger partial charge on any atom is 0.339 e. The lowest BCUT2D eigenvalue weighted by atomic mass is 10.0. The molecule has 0 unspecified atom stereocenters. The molecule has 6 nitrogen and oxygen atoms in total. The number of H-pyrrole nitrogens is 1. The van der Waals surface area contributed by atoms with Crippen molar-refractivity contribution in [2.24, 2.45) is 0 Å². The molecule has 6 heteroatoms. The average Bonchev–Trinajstić information content (AvgIpc) is 3.32. The summed E-state index contributed by atoms with van der Waals surface area (Å²) in [7, 11) is 0. The molecule has 1 N–H and O–H groups in total. The number of nitrogens with zero attached hydrogens (tertiary/aromatic N) is 2. The van der Waals surface area contributed by atoms with Gasteiger partial charge >= 0.3 is 5.97 Å². The predicted octanol–water partition coefficient (Wildman–Crippen LogP) is 5.27. The summed E-state index contributed by atoms with van der Waals surface area (Å²) in [4.78, 5) is 22.7. The molecule has 1 aliphatic heterocycles. The van der Waals surface area contributed by atoms with Crippen LogP contribution in [0.2, 0.25) is 0 Å². The van der Waals surface area contributed by atoms with Crippen LogP contribution in [0.3, 0.4) is 0 Å². The van der Waals surface area contributed by atoms with Crippen molar-refractivity contribution in [2.45, 2.75) is 46.3 Å². The first-order chi connectivity index (χ1) is 14.8. The van der Waals surface area contributed by atoms with E-state index in [1.165, 1.54) is 5.57 Å². The van der Waals surface area contributed by atoms with Crippen molar-refractivity contribution in [1.82, 2.24) is 14.9 Å². The van der Waals surface area contributed by atoms with Crippen LogP contribution in [0, 0.1) is 6.92 Å². The van der Waals surface area contributed by atoms with Gasteiger partial charge in [0, 0.05) is 37.4 Å². The Balaban J connectivity index is 1.47. The third-order valence-electron chi connectivity index (χ3n) is 5.22. The standard InChI is InChI=1S/C25H29N3O3/c1-17-5-7-20(30-17)8-6-18-10-13-28(14-11-18)16-19-15-27-23-22(19)21(9-12-26-23)24(29)31-25(2,3)4/h5-10,12,15H,11,13-14,16H2,1-4H3,(H,26,27). The van der Waals surface area contributed by atoms with Crippen LogP contribution >= 0.6 is 0 Å². The largest absolute Gasteiger partial charge is 0.462 e. The molecule has 4 heterocycles. The molecule has 0 aromatic carbocycles. The van der Waals surface area contributed by atoms with Gasteiger partial charge in [0.05, 0.1) is 5.56 Å². The van der Waals surface area contributed by atoms with Crippen molar-refractivity contribution in [2.75, 3.05) is 13.1 Å². The minimum Gasteiger partial charge on any atom is -0.462 e. The van der Waals surface area contributed by atoms with Crippen molar-refractivity contribution in [1.29, 1.82) is 0 Å². The highest BCUT2D eigenvalue weighted by molar-refractivity contribution is 6.04. The van der Waals surface area contributed by atoms with Gasteiger partial charge in [-0.3, -0.25) is 4.90 Å². The number of carbonyl (C=O) groups is 1. The molecule has 0 saturated heterocycles. The zero-order valence-electron chi connectivity index (χ0n) is 18.6. The molecule has 162 valence electrons. The van der Waals surface area contributed by atoms with E-state index in [2.05, 4.69) is 27.0 Å². The highest BCUT2D eigenvalue weighted by Gasteiger charge is 2.23. The Bertz CT molecular complexity index is 1140. The SMILES string of the molecule is Cc1ccc(C=CC2=CCN(Cc3c[nH]c4nccc(C(=O)OC(C)(C)C)c34)CC2)o1. The lowest BCUT2D eigenvalue weighted by Gasteiger charge is -2.25. The Labute approximate surface area is 182 Å². The first-order valence-corrected chi connectivity index (χ1v) is 10.6. The minimum atomic E-state index is -0.543. The van der Waals surface area contributed by atoms with Gasteiger partial charge in [-0.25, -0.2) is 9.78 Å². The van der Waals surface area contributed by atoms with Gasteiger partial charge in [0.25, 0.3) is 0 Å². The maximum absolute atomic E-state index is 12.7. The zero-order chi connectivity index (χ0) is 22.0. The topological polar surface area (TPSA) is 71.4 Å². The summed E-state index contributed by atoms with van der Waals surface area (Å²) in [5, 5.41) is 0.847. The number of carbonyl (C=O) groups excluding carboxylic acids is 1. The predicted molar refractivity (Wildman–Crippen MR) is 122 cm³/mol. The second kappa shape index (κ2) is 8.55. The zero-order valence-corrected chi connectivity index (χ0v) is 18.6. The summed E-state index contributed by atoms with van der Waals surface area (Å²) >= 11 is 0. The van der Waals surface area contributed by atoms with Gasteiger partial charge in [-0.05, 0) is 69.5 Å². The Kier molecular flexibility index (Phi) is 5.83. The molecular formula is C25H29N3O3. The third kappa shape index (κ3) is 5.14. The molecule has 0 amide bonds. The van der Waals surface area contributed by atoms with Crippen molar-refractivity contribution in [3.8, 4) is 0 Å². The van der Waals surface area contributed by atoms with E-state index >= 15 is 0 Å². The van der Waals surface area contributed by atoms with Crippen LogP contribution in [-0.2, 0) is 11.3 Å². The quantitative estimate of drug-likeness (QED) is 0.571. The van der Waals surface area contributed by atoms with Crippen LogP contribution in [0.1, 0.15) is 54.6 Å². The number of furan rings is 1. The molecule has 4 rings (SSSR count). The summed E-state index contributed by atoms with van der Waals surface area (Å²) in [5.74, 6) is 1.48. The van der Waals surface area contributed by atoms with Crippen LogP contribution < -0.4 is 0 Å². The molecule has 0 aliphatic carbocycles. The molecule has 31 heavy (non-hydrogen) atoms. The summed E-state index contributed by atoms with van der Waals surface area (Å²) in [6, 6.07) is 5.69. The van der Waals surface area contributed by atoms with Gasteiger partial charge in [0.1, 0.15) is 22.8 Å². The third-order valence-corrected chi connectivity index (χ3v) is 5.22. The van der Waals surface area contributed by atoms with Gasteiger partial charge in [-0.1, -0.05) is 12.2 Å². The van der Waals surface area contributed by atoms with Crippen molar-refractivity contribution in [3.63, 3.8) is 0 Å². The number of hydrogen-bond acceptors (Lipinski definition) is 5. The van der Waals surface area contributed by atoms with Crippen LogP contribution in [0.15, 0.2) is 52.7 Å². The Morgan fingerprint density at radius 2 is 2.13 bits per heavy atom. The van der Waals surface area contributed by atoms with Crippen LogP contribution in [-0.4, -0.2) is 39.5 Å². The van der Waals surface area contributed by atoms with E-state index in [-0.39, 0.29) is 5.97 Å². The second-order valence-electron chi connectivity index (χ2n) is 8.94. The fourth-order valence-corrected chi connectivity index (χ4v) is 3.75. The number of hydrogen-bond donors (Lipinski definition) is 1. The molecule has 0 radical (unpaired) electrons. The molecule has 0 fully saturated rings. The number of ether oxygens (including phenoxy) is 1. The molecule has 0 bridgehead atoms. The number of allylic oxidation sites excluding steroid dienone is 1. The van der Waals surface area contributed by atoms with E-state index in [4.69, 9.17) is 9.15 Å². The van der Waals surface area contributed by atoms with Gasteiger partial charge < -0.3 is 14.1 Å². The number of nitrogens with one attached hydrogen (secondary N) is 1. The number of aromatic nitrogens is 2.